The van der Waals surface area contributed by atoms with Crippen molar-refractivity contribution >= 4 is 29.1 Å². The van der Waals surface area contributed by atoms with E-state index in [0.717, 1.165) is 0 Å². The lowest BCUT2D eigenvalue weighted by Gasteiger charge is -2.37. The summed E-state index contributed by atoms with van der Waals surface area (Å²) in [5, 5.41) is 0. The Morgan fingerprint density at radius 1 is 0.868 bits per heavy atom. The molecule has 3 heterocycles. The Balaban J connectivity index is 1.55. The molecular weight excluding hydrogens is 479 g/mol. The Morgan fingerprint density at radius 2 is 1.58 bits per heavy atom. The molecule has 1 saturated heterocycles. The van der Waals surface area contributed by atoms with Crippen LogP contribution in [0.1, 0.15) is 48.1 Å². The van der Waals surface area contributed by atoms with Crippen molar-refractivity contribution in [1.82, 2.24) is 4.98 Å². The summed E-state index contributed by atoms with van der Waals surface area (Å²) in [5.74, 6) is -2.07. The van der Waals surface area contributed by atoms with Crippen molar-refractivity contribution < 1.29 is 18.8 Å². The number of hydrogen-bond donors (Lipinski definition) is 0. The van der Waals surface area contributed by atoms with E-state index in [4.69, 9.17) is 0 Å². The molecule has 0 saturated carbocycles. The fourth-order valence-electron chi connectivity index (χ4n) is 6.65. The van der Waals surface area contributed by atoms with Crippen molar-refractivity contribution in [2.24, 2.45) is 5.41 Å². The van der Waals surface area contributed by atoms with Gasteiger partial charge >= 0.3 is 0 Å². The van der Waals surface area contributed by atoms with Crippen molar-refractivity contribution in [3.63, 3.8) is 0 Å². The first kappa shape index (κ1) is 22.5. The highest BCUT2D eigenvalue weighted by Gasteiger charge is 2.71. The largest absolute Gasteiger partial charge is 0.352 e. The van der Waals surface area contributed by atoms with Gasteiger partial charge in [-0.15, -0.1) is 0 Å². The van der Waals surface area contributed by atoms with Crippen LogP contribution in [-0.4, -0.2) is 34.4 Å². The molecular formula is C32H21FN2O3. The second-order valence-electron chi connectivity index (χ2n) is 9.93. The average Bonchev–Trinajstić information content (AvgIpc) is 3.39. The number of carbonyl (C=O) groups is 3. The molecule has 1 spiro atoms. The third-order valence-electron chi connectivity index (χ3n) is 8.14. The molecule has 1 fully saturated rings. The Morgan fingerprint density at radius 3 is 2.26 bits per heavy atom. The average molecular weight is 501 g/mol. The van der Waals surface area contributed by atoms with Crippen molar-refractivity contribution in [3.05, 3.63) is 137 Å². The summed E-state index contributed by atoms with van der Waals surface area (Å²) >= 11 is 0. The predicted molar refractivity (Wildman–Crippen MR) is 141 cm³/mol. The van der Waals surface area contributed by atoms with Crippen molar-refractivity contribution in [2.45, 2.75) is 18.0 Å². The molecule has 1 aromatic heterocycles. The number of benzene rings is 3. The van der Waals surface area contributed by atoms with Gasteiger partial charge in [0.2, 0.25) is 0 Å². The summed E-state index contributed by atoms with van der Waals surface area (Å²) in [4.78, 5) is 49.5. The number of fused-ring (bicyclic) bond motifs is 5. The second-order valence-corrected chi connectivity index (χ2v) is 9.93. The number of rotatable bonds is 3. The van der Waals surface area contributed by atoms with Gasteiger partial charge in [-0.2, -0.15) is 0 Å². The van der Waals surface area contributed by atoms with Crippen LogP contribution in [0.5, 0.6) is 0 Å². The van der Waals surface area contributed by atoms with E-state index in [1.165, 1.54) is 12.1 Å². The number of hydrogen-bond acceptors (Lipinski definition) is 5. The molecule has 4 aromatic rings. The molecule has 38 heavy (non-hydrogen) atoms. The third-order valence-corrected chi connectivity index (χ3v) is 8.14. The number of nitrogens with zero attached hydrogens (tertiary/aromatic N) is 2. The summed E-state index contributed by atoms with van der Waals surface area (Å²) in [5.41, 5.74) is 1.41. The molecule has 5 nitrogen and oxygen atoms in total. The first-order valence-electron chi connectivity index (χ1n) is 12.5. The summed E-state index contributed by atoms with van der Waals surface area (Å²) < 4.78 is 14.3. The maximum atomic E-state index is 14.5. The monoisotopic (exact) mass is 500 g/mol. The lowest BCUT2D eigenvalue weighted by molar-refractivity contribution is 0.0666. The van der Waals surface area contributed by atoms with E-state index in [-0.39, 0.29) is 17.3 Å². The van der Waals surface area contributed by atoms with Crippen LogP contribution >= 0.6 is 0 Å². The fourth-order valence-corrected chi connectivity index (χ4v) is 6.65. The SMILES string of the molecule is O=C(c1ccccc1)[C@H]1[C@H](c2cccnc2)C2(C(=O)c3ccccc3C2=O)[C@@H]2C=Cc3cc(F)ccc3N21. The molecule has 1 aliphatic carbocycles. The van der Waals surface area contributed by atoms with Crippen molar-refractivity contribution in [2.75, 3.05) is 4.90 Å². The predicted octanol–water partition coefficient (Wildman–Crippen LogP) is 5.54. The molecule has 0 radical (unpaired) electrons. The van der Waals surface area contributed by atoms with E-state index in [9.17, 15) is 18.8 Å². The maximum absolute atomic E-state index is 14.5. The lowest BCUT2D eigenvalue weighted by atomic mass is 9.64. The minimum Gasteiger partial charge on any atom is -0.352 e. The molecule has 0 N–H and O–H groups in total. The first-order valence-corrected chi connectivity index (χ1v) is 12.5. The Bertz CT molecular complexity index is 1630. The topological polar surface area (TPSA) is 67.3 Å². The van der Waals surface area contributed by atoms with Crippen LogP contribution in [0.25, 0.3) is 6.08 Å². The third kappa shape index (κ3) is 2.85. The summed E-state index contributed by atoms with van der Waals surface area (Å²) in [6, 6.07) is 22.0. The van der Waals surface area contributed by atoms with Gasteiger partial charge in [0.05, 0.1) is 6.04 Å². The van der Waals surface area contributed by atoms with Gasteiger partial charge in [0.15, 0.2) is 17.3 Å². The van der Waals surface area contributed by atoms with Gasteiger partial charge in [-0.25, -0.2) is 4.39 Å². The van der Waals surface area contributed by atoms with Gasteiger partial charge in [-0.1, -0.05) is 72.8 Å². The van der Waals surface area contributed by atoms with Crippen molar-refractivity contribution in [1.29, 1.82) is 0 Å². The first-order chi connectivity index (χ1) is 18.5. The van der Waals surface area contributed by atoms with E-state index in [1.54, 1.807) is 85.2 Å². The van der Waals surface area contributed by atoms with Crippen LogP contribution < -0.4 is 4.90 Å². The van der Waals surface area contributed by atoms with Crippen LogP contribution in [0.15, 0.2) is 103 Å². The minimum absolute atomic E-state index is 0.219. The smallest absolute Gasteiger partial charge is 0.185 e. The van der Waals surface area contributed by atoms with E-state index in [0.29, 0.717) is 33.5 Å². The van der Waals surface area contributed by atoms with E-state index < -0.39 is 29.2 Å². The highest BCUT2D eigenvalue weighted by molar-refractivity contribution is 6.32. The van der Waals surface area contributed by atoms with Gasteiger partial charge in [-0.3, -0.25) is 19.4 Å². The molecule has 0 bridgehead atoms. The standard InChI is InChI=1S/C32H21FN2O3/c33-22-13-14-25-20(17-22)12-15-26-32(30(37)23-10-4-5-11-24(23)31(32)38)27(21-9-6-16-34-18-21)28(35(25)26)29(36)19-7-2-1-3-8-19/h1-18,26-28H/t26-,27-,28+/m0/s1. The quantitative estimate of drug-likeness (QED) is 0.273. The fraction of sp³-hybridized carbons (Fsp3) is 0.125. The van der Waals surface area contributed by atoms with Crippen LogP contribution in [0.3, 0.4) is 0 Å². The van der Waals surface area contributed by atoms with Crippen molar-refractivity contribution in [3.8, 4) is 0 Å². The zero-order valence-electron chi connectivity index (χ0n) is 20.1. The summed E-state index contributed by atoms with van der Waals surface area (Å²) in [6.07, 6.45) is 6.79. The minimum atomic E-state index is -1.59. The highest BCUT2D eigenvalue weighted by atomic mass is 19.1. The van der Waals surface area contributed by atoms with Gasteiger partial charge in [-0.05, 0) is 29.8 Å². The van der Waals surface area contributed by atoms with Gasteiger partial charge in [0.25, 0.3) is 0 Å². The van der Waals surface area contributed by atoms with E-state index >= 15 is 0 Å². The van der Waals surface area contributed by atoms with Crippen LogP contribution in [0, 0.1) is 11.2 Å². The second kappa shape index (κ2) is 8.15. The Labute approximate surface area is 218 Å². The van der Waals surface area contributed by atoms with Crippen LogP contribution in [0.4, 0.5) is 10.1 Å². The van der Waals surface area contributed by atoms with Gasteiger partial charge in [0.1, 0.15) is 17.3 Å². The molecule has 0 amide bonds. The summed E-state index contributed by atoms with van der Waals surface area (Å²) in [6.45, 7) is 0. The normalized spacial score (nSPS) is 22.3. The number of Topliss-reactive ketones (excluding diaryl/α,β-unsaturated/α-hetero) is 3. The Kier molecular flexibility index (Phi) is 4.82. The molecule has 3 aromatic carbocycles. The molecule has 3 aliphatic rings. The number of halogens is 1. The molecule has 2 aliphatic heterocycles. The lowest BCUT2D eigenvalue weighted by Crippen LogP contribution is -2.48. The zero-order chi connectivity index (χ0) is 26.0. The van der Waals surface area contributed by atoms with Crippen LogP contribution in [0.2, 0.25) is 0 Å². The number of ketones is 3. The van der Waals surface area contributed by atoms with Crippen LogP contribution in [-0.2, 0) is 0 Å². The number of anilines is 1. The molecule has 3 atom stereocenters. The summed E-state index contributed by atoms with van der Waals surface area (Å²) in [7, 11) is 0. The zero-order valence-corrected chi connectivity index (χ0v) is 20.1. The molecule has 184 valence electrons. The van der Waals surface area contributed by atoms with E-state index in [2.05, 4.69) is 4.98 Å². The van der Waals surface area contributed by atoms with Gasteiger partial charge < -0.3 is 4.90 Å². The molecule has 6 heteroatoms. The maximum Gasteiger partial charge on any atom is 0.185 e. The van der Waals surface area contributed by atoms with E-state index in [1.807, 2.05) is 17.0 Å². The highest BCUT2D eigenvalue weighted by Crippen LogP contribution is 2.60. The number of pyridine rings is 1. The van der Waals surface area contributed by atoms with Gasteiger partial charge in [0, 0.05) is 46.3 Å². The molecule has 0 unspecified atom stereocenters. The Hall–Kier alpha value is -4.71. The number of carbonyl (C=O) groups excluding carboxylic acids is 3. The molecule has 7 rings (SSSR count). The number of aromatic nitrogens is 1.